The molecule has 6 nitrogen and oxygen atoms in total. The van der Waals surface area contributed by atoms with E-state index in [4.69, 9.17) is 16.3 Å². The van der Waals surface area contributed by atoms with Crippen LogP contribution in [0.1, 0.15) is 17.3 Å². The van der Waals surface area contributed by atoms with Gasteiger partial charge in [-0.1, -0.05) is 11.6 Å². The lowest BCUT2D eigenvalue weighted by Gasteiger charge is -2.16. The first-order valence-corrected chi connectivity index (χ1v) is 7.65. The number of benzene rings is 1. The number of carbonyl (C=O) groups is 2. The highest BCUT2D eigenvalue weighted by molar-refractivity contribution is 6.34. The molecule has 1 aromatic heterocycles. The minimum Gasteiger partial charge on any atom is -0.479 e. The van der Waals surface area contributed by atoms with Crippen LogP contribution in [0.4, 0.5) is 5.69 Å². The number of rotatable bonds is 5. The highest BCUT2D eigenvalue weighted by atomic mass is 35.5. The van der Waals surface area contributed by atoms with E-state index < -0.39 is 6.10 Å². The Kier molecular flexibility index (Phi) is 5.76. The van der Waals surface area contributed by atoms with Crippen molar-refractivity contribution >= 4 is 29.1 Å². The Bertz CT molecular complexity index is 735. The SMILES string of the molecule is C[C@H](Oc1cccnc1)C(=O)Nc1cc(C(=O)N(C)C)ccc1Cl. The van der Waals surface area contributed by atoms with Crippen LogP contribution in [-0.4, -0.2) is 41.9 Å². The van der Waals surface area contributed by atoms with Crippen molar-refractivity contribution in [3.05, 3.63) is 53.3 Å². The lowest BCUT2D eigenvalue weighted by Crippen LogP contribution is -2.30. The molecule has 2 amide bonds. The molecule has 1 aromatic carbocycles. The Hall–Kier alpha value is -2.60. The maximum absolute atomic E-state index is 12.3. The van der Waals surface area contributed by atoms with Gasteiger partial charge in [0, 0.05) is 25.9 Å². The van der Waals surface area contributed by atoms with Gasteiger partial charge in [-0.3, -0.25) is 14.6 Å². The van der Waals surface area contributed by atoms with Crippen LogP contribution in [-0.2, 0) is 4.79 Å². The highest BCUT2D eigenvalue weighted by Gasteiger charge is 2.17. The molecule has 7 heteroatoms. The molecule has 0 unspecified atom stereocenters. The summed E-state index contributed by atoms with van der Waals surface area (Å²) in [6, 6.07) is 8.14. The van der Waals surface area contributed by atoms with Crippen molar-refractivity contribution in [3.8, 4) is 5.75 Å². The van der Waals surface area contributed by atoms with Gasteiger partial charge in [0.1, 0.15) is 5.75 Å². The minimum atomic E-state index is -0.751. The zero-order valence-corrected chi connectivity index (χ0v) is 14.4. The lowest BCUT2D eigenvalue weighted by molar-refractivity contribution is -0.122. The predicted molar refractivity (Wildman–Crippen MR) is 92.4 cm³/mol. The van der Waals surface area contributed by atoms with Gasteiger partial charge in [0.05, 0.1) is 16.9 Å². The largest absolute Gasteiger partial charge is 0.479 e. The van der Waals surface area contributed by atoms with Crippen molar-refractivity contribution in [2.75, 3.05) is 19.4 Å². The molecular weight excluding hydrogens is 330 g/mol. The van der Waals surface area contributed by atoms with Crippen LogP contribution in [0.3, 0.4) is 0 Å². The maximum Gasteiger partial charge on any atom is 0.265 e. The second-order valence-corrected chi connectivity index (χ2v) is 5.74. The number of ether oxygens (including phenoxy) is 1. The van der Waals surface area contributed by atoms with Crippen molar-refractivity contribution < 1.29 is 14.3 Å². The van der Waals surface area contributed by atoms with E-state index in [2.05, 4.69) is 10.3 Å². The molecule has 0 saturated heterocycles. The molecule has 1 heterocycles. The molecule has 0 aliphatic carbocycles. The topological polar surface area (TPSA) is 71.5 Å². The van der Waals surface area contributed by atoms with Gasteiger partial charge in [-0.15, -0.1) is 0 Å². The number of pyridine rings is 1. The molecule has 0 aliphatic heterocycles. The number of carbonyl (C=O) groups excluding carboxylic acids is 2. The van der Waals surface area contributed by atoms with Crippen LogP contribution in [0.2, 0.25) is 5.02 Å². The second kappa shape index (κ2) is 7.79. The Morgan fingerprint density at radius 2 is 2.04 bits per heavy atom. The quantitative estimate of drug-likeness (QED) is 0.902. The van der Waals surface area contributed by atoms with E-state index in [0.717, 1.165) is 0 Å². The van der Waals surface area contributed by atoms with Crippen molar-refractivity contribution in [1.82, 2.24) is 9.88 Å². The van der Waals surface area contributed by atoms with Crippen molar-refractivity contribution in [2.45, 2.75) is 13.0 Å². The fourth-order valence-corrected chi connectivity index (χ4v) is 2.09. The minimum absolute atomic E-state index is 0.179. The third kappa shape index (κ3) is 4.45. The number of nitrogens with one attached hydrogen (secondary N) is 1. The normalized spacial score (nSPS) is 11.5. The average molecular weight is 348 g/mol. The van der Waals surface area contributed by atoms with Crippen molar-refractivity contribution in [3.63, 3.8) is 0 Å². The molecule has 0 saturated carbocycles. The number of nitrogens with zero attached hydrogens (tertiary/aromatic N) is 2. The summed E-state index contributed by atoms with van der Waals surface area (Å²) >= 11 is 6.10. The summed E-state index contributed by atoms with van der Waals surface area (Å²) in [6.45, 7) is 1.62. The summed E-state index contributed by atoms with van der Waals surface area (Å²) in [7, 11) is 3.30. The van der Waals surface area contributed by atoms with Crippen LogP contribution in [0.15, 0.2) is 42.7 Å². The summed E-state index contributed by atoms with van der Waals surface area (Å²) in [5.74, 6) is -0.0696. The van der Waals surface area contributed by atoms with E-state index in [-0.39, 0.29) is 11.8 Å². The zero-order chi connectivity index (χ0) is 17.7. The van der Waals surface area contributed by atoms with Crippen LogP contribution in [0.25, 0.3) is 0 Å². The molecule has 126 valence electrons. The highest BCUT2D eigenvalue weighted by Crippen LogP contribution is 2.24. The van der Waals surface area contributed by atoms with E-state index in [1.54, 1.807) is 57.5 Å². The van der Waals surface area contributed by atoms with E-state index in [1.165, 1.54) is 11.1 Å². The Morgan fingerprint density at radius 3 is 2.67 bits per heavy atom. The maximum atomic E-state index is 12.3. The summed E-state index contributed by atoms with van der Waals surface area (Å²) in [4.78, 5) is 29.7. The van der Waals surface area contributed by atoms with Gasteiger partial charge < -0.3 is 15.0 Å². The average Bonchev–Trinajstić information content (AvgIpc) is 2.56. The van der Waals surface area contributed by atoms with E-state index in [9.17, 15) is 9.59 Å². The molecule has 0 spiro atoms. The molecule has 24 heavy (non-hydrogen) atoms. The van der Waals surface area contributed by atoms with Crippen LogP contribution >= 0.6 is 11.6 Å². The van der Waals surface area contributed by atoms with Crippen LogP contribution in [0, 0.1) is 0 Å². The van der Waals surface area contributed by atoms with E-state index in [1.807, 2.05) is 0 Å². The Balaban J connectivity index is 2.10. The Morgan fingerprint density at radius 1 is 1.29 bits per heavy atom. The van der Waals surface area contributed by atoms with Gasteiger partial charge >= 0.3 is 0 Å². The summed E-state index contributed by atoms with van der Waals surface area (Å²) < 4.78 is 5.51. The molecular formula is C17H18ClN3O3. The summed E-state index contributed by atoms with van der Waals surface area (Å²) in [6.07, 6.45) is 2.39. The van der Waals surface area contributed by atoms with Crippen molar-refractivity contribution in [1.29, 1.82) is 0 Å². The number of hydrogen-bond donors (Lipinski definition) is 1. The van der Waals surface area contributed by atoms with Crippen LogP contribution < -0.4 is 10.1 Å². The van der Waals surface area contributed by atoms with Gasteiger partial charge in [-0.25, -0.2) is 0 Å². The van der Waals surface area contributed by atoms with Gasteiger partial charge in [0.25, 0.3) is 11.8 Å². The fourth-order valence-electron chi connectivity index (χ4n) is 1.92. The fraction of sp³-hybridized carbons (Fsp3) is 0.235. The zero-order valence-electron chi connectivity index (χ0n) is 13.6. The van der Waals surface area contributed by atoms with E-state index in [0.29, 0.717) is 22.0 Å². The van der Waals surface area contributed by atoms with Gasteiger partial charge in [-0.05, 0) is 37.3 Å². The summed E-state index contributed by atoms with van der Waals surface area (Å²) in [5, 5.41) is 3.02. The number of hydrogen-bond acceptors (Lipinski definition) is 4. The third-order valence-electron chi connectivity index (χ3n) is 3.19. The number of anilines is 1. The van der Waals surface area contributed by atoms with E-state index >= 15 is 0 Å². The smallest absolute Gasteiger partial charge is 0.265 e. The second-order valence-electron chi connectivity index (χ2n) is 5.33. The Labute approximate surface area is 145 Å². The van der Waals surface area contributed by atoms with Gasteiger partial charge in [0.15, 0.2) is 6.10 Å². The molecule has 2 aromatic rings. The number of amides is 2. The number of aromatic nitrogens is 1. The lowest BCUT2D eigenvalue weighted by atomic mass is 10.1. The van der Waals surface area contributed by atoms with Crippen molar-refractivity contribution in [2.24, 2.45) is 0 Å². The first kappa shape index (κ1) is 17.7. The number of halogens is 1. The van der Waals surface area contributed by atoms with Gasteiger partial charge in [0.2, 0.25) is 0 Å². The molecule has 1 atom stereocenters. The monoisotopic (exact) mass is 347 g/mol. The van der Waals surface area contributed by atoms with Crippen LogP contribution in [0.5, 0.6) is 5.75 Å². The predicted octanol–water partition coefficient (Wildman–Crippen LogP) is 2.84. The molecule has 0 fully saturated rings. The first-order chi connectivity index (χ1) is 11.4. The molecule has 0 radical (unpaired) electrons. The summed E-state index contributed by atoms with van der Waals surface area (Å²) in [5.41, 5.74) is 0.788. The van der Waals surface area contributed by atoms with Gasteiger partial charge in [-0.2, -0.15) is 0 Å². The standard InChI is InChI=1S/C17H18ClN3O3/c1-11(24-13-5-4-8-19-10-13)16(22)20-15-9-12(6-7-14(15)18)17(23)21(2)3/h4-11H,1-3H3,(H,20,22)/t11-/m0/s1. The molecule has 0 aliphatic rings. The third-order valence-corrected chi connectivity index (χ3v) is 3.52. The molecule has 1 N–H and O–H groups in total. The molecule has 0 bridgehead atoms. The first-order valence-electron chi connectivity index (χ1n) is 7.27. The molecule has 2 rings (SSSR count).